The van der Waals surface area contributed by atoms with Gasteiger partial charge in [0.25, 0.3) is 0 Å². The van der Waals surface area contributed by atoms with E-state index >= 15 is 0 Å². The Morgan fingerprint density at radius 2 is 0.815 bits per heavy atom. The first-order valence-electron chi connectivity index (χ1n) is 10.3. The van der Waals surface area contributed by atoms with Crippen molar-refractivity contribution in [2.45, 2.75) is 51.4 Å². The van der Waals surface area contributed by atoms with Crippen LogP contribution >= 0.6 is 15.5 Å². The molecule has 27 heavy (non-hydrogen) atoms. The van der Waals surface area contributed by atoms with Crippen molar-refractivity contribution in [1.82, 2.24) is 9.34 Å². The van der Waals surface area contributed by atoms with E-state index in [0.29, 0.717) is 0 Å². The van der Waals surface area contributed by atoms with Gasteiger partial charge in [0, 0.05) is 26.2 Å². The highest BCUT2D eigenvalue weighted by molar-refractivity contribution is 7.51. The lowest BCUT2D eigenvalue weighted by atomic mass is 9.93. The Balaban J connectivity index is 1.34. The zero-order valence-corrected chi connectivity index (χ0v) is 17.8. The van der Waals surface area contributed by atoms with Crippen molar-refractivity contribution in [3.8, 4) is 0 Å². The first-order chi connectivity index (χ1) is 13.0. The summed E-state index contributed by atoms with van der Waals surface area (Å²) in [6.07, 6.45) is 8.73. The van der Waals surface area contributed by atoms with Crippen LogP contribution in [0, 0.1) is 5.41 Å². The van der Waals surface area contributed by atoms with Gasteiger partial charge in [-0.2, -0.15) is 0 Å². The van der Waals surface area contributed by atoms with Gasteiger partial charge in [-0.15, -0.1) is 0 Å². The Morgan fingerprint density at radius 1 is 0.519 bits per heavy atom. The van der Waals surface area contributed by atoms with Crippen molar-refractivity contribution in [1.29, 1.82) is 0 Å². The van der Waals surface area contributed by atoms with Crippen molar-refractivity contribution >= 4 is 15.5 Å². The average Bonchev–Trinajstić information content (AvgIpc) is 3.13. The molecule has 4 rings (SSSR count). The maximum absolute atomic E-state index is 13.1. The number of hydrogen-bond acceptors (Lipinski definition) is 6. The summed E-state index contributed by atoms with van der Waals surface area (Å²) in [6.45, 7) is 4.01. The van der Waals surface area contributed by atoms with Crippen LogP contribution in [0.3, 0.4) is 0 Å². The van der Waals surface area contributed by atoms with Crippen LogP contribution in [0.2, 0.25) is 0 Å². The van der Waals surface area contributed by atoms with Crippen molar-refractivity contribution < 1.29 is 27.2 Å². The van der Waals surface area contributed by atoms with Gasteiger partial charge in [-0.1, -0.05) is 25.7 Å². The van der Waals surface area contributed by atoms with Crippen LogP contribution in [-0.4, -0.2) is 61.9 Å². The van der Waals surface area contributed by atoms with Crippen molar-refractivity contribution in [3.63, 3.8) is 0 Å². The zero-order chi connectivity index (χ0) is 18.8. The molecule has 4 aliphatic heterocycles. The van der Waals surface area contributed by atoms with Crippen molar-refractivity contribution in [2.75, 3.05) is 52.6 Å². The van der Waals surface area contributed by atoms with Crippen LogP contribution in [0.4, 0.5) is 0 Å². The van der Waals surface area contributed by atoms with Crippen molar-refractivity contribution in [2.24, 2.45) is 5.41 Å². The molecular formula is C17H32N2O6P2. The molecule has 8 nitrogen and oxygen atoms in total. The van der Waals surface area contributed by atoms with Gasteiger partial charge in [0.05, 0.1) is 31.8 Å². The number of hydrogen-bond donors (Lipinski definition) is 0. The quantitative estimate of drug-likeness (QED) is 0.618. The second-order valence-corrected chi connectivity index (χ2v) is 12.3. The third-order valence-corrected chi connectivity index (χ3v) is 10.0. The molecule has 0 aromatic carbocycles. The molecule has 0 aromatic rings. The molecule has 0 aromatic heterocycles. The maximum atomic E-state index is 13.1. The molecule has 4 saturated heterocycles. The van der Waals surface area contributed by atoms with Crippen molar-refractivity contribution in [3.05, 3.63) is 0 Å². The molecule has 10 heteroatoms. The average molecular weight is 422 g/mol. The first kappa shape index (κ1) is 20.5. The SMILES string of the molecule is O=P1(N2CCCCCC2)OCC2(CO1)COP(=O)(N1CCCCCC1)OC2. The normalized spacial score (nSPS) is 43.3. The summed E-state index contributed by atoms with van der Waals surface area (Å²) in [7, 11) is -6.46. The van der Waals surface area contributed by atoms with Crippen LogP contribution in [0.5, 0.6) is 0 Å². The minimum absolute atomic E-state index is 0.251. The Hall–Kier alpha value is 0.220. The van der Waals surface area contributed by atoms with Gasteiger partial charge < -0.3 is 0 Å². The molecule has 0 bridgehead atoms. The van der Waals surface area contributed by atoms with E-state index < -0.39 is 20.9 Å². The Morgan fingerprint density at radius 3 is 1.11 bits per heavy atom. The predicted molar refractivity (Wildman–Crippen MR) is 102 cm³/mol. The fourth-order valence-corrected chi connectivity index (χ4v) is 8.22. The minimum Gasteiger partial charge on any atom is -0.296 e. The standard InChI is InChI=1S/C17H32N2O6P2/c20-26(18-9-5-1-2-6-10-18)22-13-17(14-23-26)15-24-27(21,25-16-17)19-11-7-3-4-8-12-19/h1-16H2. The number of rotatable bonds is 2. The monoisotopic (exact) mass is 422 g/mol. The predicted octanol–water partition coefficient (Wildman–Crippen LogP) is 4.03. The molecule has 0 radical (unpaired) electrons. The van der Waals surface area contributed by atoms with E-state index in [1.807, 2.05) is 9.34 Å². The molecule has 0 N–H and O–H groups in total. The van der Waals surface area contributed by atoms with Crippen LogP contribution in [0.1, 0.15) is 51.4 Å². The lowest BCUT2D eigenvalue weighted by molar-refractivity contribution is -0.0824. The molecule has 1 spiro atoms. The molecule has 4 heterocycles. The molecule has 0 aliphatic carbocycles. The second-order valence-electron chi connectivity index (χ2n) is 8.27. The van der Waals surface area contributed by atoms with Crippen LogP contribution in [0.15, 0.2) is 0 Å². The van der Waals surface area contributed by atoms with Gasteiger partial charge in [-0.3, -0.25) is 18.1 Å². The largest absolute Gasteiger partial charge is 0.408 e. The van der Waals surface area contributed by atoms with Gasteiger partial charge in [0.2, 0.25) is 0 Å². The molecule has 4 fully saturated rings. The molecule has 4 aliphatic rings. The molecule has 0 saturated carbocycles. The third kappa shape index (κ3) is 4.54. The Labute approximate surface area is 162 Å². The van der Waals surface area contributed by atoms with Crippen LogP contribution in [-0.2, 0) is 27.2 Å². The Kier molecular flexibility index (Phi) is 6.47. The second kappa shape index (κ2) is 8.53. The fraction of sp³-hybridized carbons (Fsp3) is 1.00. The highest BCUT2D eigenvalue weighted by Gasteiger charge is 2.51. The highest BCUT2D eigenvalue weighted by atomic mass is 31.2. The van der Waals surface area contributed by atoms with Gasteiger partial charge in [-0.25, -0.2) is 18.5 Å². The first-order valence-corrected chi connectivity index (χ1v) is 13.3. The van der Waals surface area contributed by atoms with E-state index in [2.05, 4.69) is 0 Å². The summed E-state index contributed by atoms with van der Waals surface area (Å²) >= 11 is 0. The maximum Gasteiger partial charge on any atom is 0.408 e. The summed E-state index contributed by atoms with van der Waals surface area (Å²) in [5.41, 5.74) is -0.528. The van der Waals surface area contributed by atoms with Gasteiger partial charge in [0.1, 0.15) is 0 Å². The summed E-state index contributed by atoms with van der Waals surface area (Å²) in [5.74, 6) is 0. The molecule has 0 atom stereocenters. The van der Waals surface area contributed by atoms with E-state index in [1.165, 1.54) is 0 Å². The lowest BCUT2D eigenvalue weighted by Crippen LogP contribution is -2.48. The van der Waals surface area contributed by atoms with Gasteiger partial charge in [-0.05, 0) is 25.7 Å². The van der Waals surface area contributed by atoms with E-state index in [1.54, 1.807) is 0 Å². The van der Waals surface area contributed by atoms with Crippen LogP contribution in [0.25, 0.3) is 0 Å². The molecule has 156 valence electrons. The third-order valence-electron chi connectivity index (χ3n) is 5.99. The topological polar surface area (TPSA) is 77.5 Å². The summed E-state index contributed by atoms with van der Waals surface area (Å²) < 4.78 is 53.1. The summed E-state index contributed by atoms with van der Waals surface area (Å²) in [4.78, 5) is 0. The summed E-state index contributed by atoms with van der Waals surface area (Å²) in [5, 5.41) is 0. The van der Waals surface area contributed by atoms with E-state index in [0.717, 1.165) is 77.5 Å². The molecular weight excluding hydrogens is 390 g/mol. The van der Waals surface area contributed by atoms with E-state index in [9.17, 15) is 9.13 Å². The van der Waals surface area contributed by atoms with Gasteiger partial charge in [0.15, 0.2) is 0 Å². The zero-order valence-electron chi connectivity index (χ0n) is 16.1. The van der Waals surface area contributed by atoms with E-state index in [-0.39, 0.29) is 26.4 Å². The fourth-order valence-electron chi connectivity index (χ4n) is 4.12. The van der Waals surface area contributed by atoms with Gasteiger partial charge >= 0.3 is 15.5 Å². The minimum atomic E-state index is -3.23. The highest BCUT2D eigenvalue weighted by Crippen LogP contribution is 2.62. The Bertz CT molecular complexity index is 523. The lowest BCUT2D eigenvalue weighted by Gasteiger charge is -2.45. The molecule has 0 amide bonds. The smallest absolute Gasteiger partial charge is 0.296 e. The van der Waals surface area contributed by atoms with E-state index in [4.69, 9.17) is 18.1 Å². The molecule has 0 unspecified atom stereocenters. The summed E-state index contributed by atoms with van der Waals surface area (Å²) in [6, 6.07) is 0. The number of nitrogens with zero attached hydrogens (tertiary/aromatic N) is 2. The van der Waals surface area contributed by atoms with Crippen LogP contribution < -0.4 is 0 Å².